The number of nitrogens with zero attached hydrogens (tertiary/aromatic N) is 1. The van der Waals surface area contributed by atoms with Crippen molar-refractivity contribution in [2.75, 3.05) is 5.32 Å². The van der Waals surface area contributed by atoms with Crippen molar-refractivity contribution >= 4 is 17.4 Å². The van der Waals surface area contributed by atoms with Crippen molar-refractivity contribution in [2.24, 2.45) is 0 Å². The van der Waals surface area contributed by atoms with Gasteiger partial charge in [0.15, 0.2) is 5.78 Å². The van der Waals surface area contributed by atoms with Crippen molar-refractivity contribution in [3.63, 3.8) is 0 Å². The number of hydrogen-bond donors (Lipinski definition) is 1. The lowest BCUT2D eigenvalue weighted by Gasteiger charge is -2.06. The fraction of sp³-hybridized carbons (Fsp3) is 0.0556. The van der Waals surface area contributed by atoms with E-state index in [1.807, 2.05) is 0 Å². The minimum atomic E-state index is -0.543. The number of para-hydroxylation sites is 1. The number of carbonyl (C=O) groups excluding carboxylic acids is 2. The second kappa shape index (κ2) is 6.45. The molecule has 1 amide bonds. The zero-order valence-electron chi connectivity index (χ0n) is 12.7. The number of aromatic nitrogens is 1. The summed E-state index contributed by atoms with van der Waals surface area (Å²) in [6.07, 6.45) is 0. The highest BCUT2D eigenvalue weighted by molar-refractivity contribution is 6.08. The number of benzene rings is 2. The summed E-state index contributed by atoms with van der Waals surface area (Å²) < 4.78 is 18.3. The first kappa shape index (κ1) is 15.6. The van der Waals surface area contributed by atoms with Gasteiger partial charge < -0.3 is 9.84 Å². The van der Waals surface area contributed by atoms with Gasteiger partial charge in [0, 0.05) is 17.2 Å². The molecule has 0 radical (unpaired) electrons. The summed E-state index contributed by atoms with van der Waals surface area (Å²) in [6.45, 7) is 1.42. The molecule has 0 bridgehead atoms. The average molecular weight is 324 g/mol. The first-order valence-electron chi connectivity index (χ1n) is 7.18. The number of nitrogens with one attached hydrogen (secondary N) is 1. The predicted molar refractivity (Wildman–Crippen MR) is 86.3 cm³/mol. The first-order valence-corrected chi connectivity index (χ1v) is 7.18. The number of amides is 1. The number of anilines is 1. The molecule has 0 unspecified atom stereocenters. The molecule has 0 atom stereocenters. The smallest absolute Gasteiger partial charge is 0.294 e. The molecule has 0 saturated carbocycles. The number of hydrogen-bond acceptors (Lipinski definition) is 4. The van der Waals surface area contributed by atoms with E-state index in [1.165, 1.54) is 25.1 Å². The number of ketones is 1. The van der Waals surface area contributed by atoms with E-state index in [0.29, 0.717) is 22.5 Å². The maximum atomic E-state index is 13.3. The zero-order valence-corrected chi connectivity index (χ0v) is 12.7. The van der Waals surface area contributed by atoms with Crippen LogP contribution in [-0.4, -0.2) is 16.8 Å². The number of carbonyl (C=O) groups is 2. The highest BCUT2D eigenvalue weighted by Gasteiger charge is 2.16. The van der Waals surface area contributed by atoms with Gasteiger partial charge in [-0.15, -0.1) is 0 Å². The van der Waals surface area contributed by atoms with Crippen LogP contribution in [0.2, 0.25) is 0 Å². The summed E-state index contributed by atoms with van der Waals surface area (Å²) in [6, 6.07) is 13.9. The molecule has 6 heteroatoms. The van der Waals surface area contributed by atoms with Crippen molar-refractivity contribution in [3.05, 3.63) is 71.7 Å². The molecule has 2 aromatic carbocycles. The molecule has 0 fully saturated rings. The Morgan fingerprint density at radius 2 is 1.88 bits per heavy atom. The van der Waals surface area contributed by atoms with Gasteiger partial charge in [-0.1, -0.05) is 29.4 Å². The van der Waals surface area contributed by atoms with E-state index in [9.17, 15) is 14.0 Å². The highest BCUT2D eigenvalue weighted by atomic mass is 19.1. The van der Waals surface area contributed by atoms with Gasteiger partial charge in [-0.05, 0) is 31.2 Å². The Hall–Kier alpha value is -3.28. The molecule has 120 valence electrons. The molecule has 1 N–H and O–H groups in total. The van der Waals surface area contributed by atoms with Crippen molar-refractivity contribution in [1.29, 1.82) is 0 Å². The molecular weight excluding hydrogens is 311 g/mol. The van der Waals surface area contributed by atoms with Crippen LogP contribution in [-0.2, 0) is 0 Å². The molecule has 1 heterocycles. The average Bonchev–Trinajstić information content (AvgIpc) is 3.05. The Labute approximate surface area is 137 Å². The maximum absolute atomic E-state index is 13.3. The summed E-state index contributed by atoms with van der Waals surface area (Å²) in [5.74, 6) is -1.15. The molecule has 0 saturated heterocycles. The van der Waals surface area contributed by atoms with E-state index in [1.54, 1.807) is 36.4 Å². The lowest BCUT2D eigenvalue weighted by atomic mass is 10.1. The van der Waals surface area contributed by atoms with Crippen LogP contribution in [0.3, 0.4) is 0 Å². The van der Waals surface area contributed by atoms with Gasteiger partial charge in [0.05, 0.1) is 5.69 Å². The van der Waals surface area contributed by atoms with Gasteiger partial charge >= 0.3 is 0 Å². The van der Waals surface area contributed by atoms with Gasteiger partial charge in [0.2, 0.25) is 5.76 Å². The fourth-order valence-corrected chi connectivity index (χ4v) is 2.25. The van der Waals surface area contributed by atoms with Crippen LogP contribution in [0.5, 0.6) is 0 Å². The van der Waals surface area contributed by atoms with E-state index in [4.69, 9.17) is 4.52 Å². The van der Waals surface area contributed by atoms with Gasteiger partial charge in [0.1, 0.15) is 11.5 Å². The van der Waals surface area contributed by atoms with Gasteiger partial charge in [-0.25, -0.2) is 4.39 Å². The molecule has 5 nitrogen and oxygen atoms in total. The van der Waals surface area contributed by atoms with Crippen molar-refractivity contribution in [1.82, 2.24) is 5.16 Å². The van der Waals surface area contributed by atoms with Crippen molar-refractivity contribution < 1.29 is 18.5 Å². The molecule has 0 aliphatic rings. The third-order valence-corrected chi connectivity index (χ3v) is 3.41. The van der Waals surface area contributed by atoms with Gasteiger partial charge in [-0.2, -0.15) is 0 Å². The largest absolute Gasteiger partial charge is 0.350 e. The van der Waals surface area contributed by atoms with Gasteiger partial charge in [-0.3, -0.25) is 9.59 Å². The zero-order chi connectivity index (χ0) is 17.1. The monoisotopic (exact) mass is 324 g/mol. The molecule has 1 aromatic heterocycles. The summed E-state index contributed by atoms with van der Waals surface area (Å²) >= 11 is 0. The van der Waals surface area contributed by atoms with E-state index in [2.05, 4.69) is 10.5 Å². The number of Topliss-reactive ketones (excluding diaryl/α,β-unsaturated/α-hetero) is 1. The third kappa shape index (κ3) is 3.22. The third-order valence-electron chi connectivity index (χ3n) is 3.41. The van der Waals surface area contributed by atoms with Crippen LogP contribution in [0.4, 0.5) is 10.1 Å². The standard InChI is InChI=1S/C18H13FN2O3/c1-11(22)14-7-2-3-8-15(14)20-18(23)17-10-16(21-24-17)12-5-4-6-13(19)9-12/h2-10H,1H3,(H,20,23). The Morgan fingerprint density at radius 1 is 1.08 bits per heavy atom. The first-order chi connectivity index (χ1) is 11.5. The summed E-state index contributed by atoms with van der Waals surface area (Å²) in [7, 11) is 0. The molecule has 0 aliphatic heterocycles. The second-order valence-corrected chi connectivity index (χ2v) is 5.14. The van der Waals surface area contributed by atoms with E-state index >= 15 is 0 Å². The van der Waals surface area contributed by atoms with Crippen LogP contribution >= 0.6 is 0 Å². The summed E-state index contributed by atoms with van der Waals surface area (Å²) in [5, 5.41) is 6.40. The Kier molecular flexibility index (Phi) is 4.20. The van der Waals surface area contributed by atoms with Crippen molar-refractivity contribution in [2.45, 2.75) is 6.92 Å². The summed E-state index contributed by atoms with van der Waals surface area (Å²) in [4.78, 5) is 23.9. The van der Waals surface area contributed by atoms with Gasteiger partial charge in [0.25, 0.3) is 5.91 Å². The highest BCUT2D eigenvalue weighted by Crippen LogP contribution is 2.21. The van der Waals surface area contributed by atoms with Crippen LogP contribution in [0.25, 0.3) is 11.3 Å². The SMILES string of the molecule is CC(=O)c1ccccc1NC(=O)c1cc(-c2cccc(F)c2)no1. The van der Waals surface area contributed by atoms with Crippen LogP contribution in [0, 0.1) is 5.82 Å². The number of halogens is 1. The number of rotatable bonds is 4. The quantitative estimate of drug-likeness (QED) is 0.738. The summed E-state index contributed by atoms with van der Waals surface area (Å²) in [5.41, 5.74) is 1.64. The predicted octanol–water partition coefficient (Wildman–Crippen LogP) is 3.94. The second-order valence-electron chi connectivity index (χ2n) is 5.14. The molecule has 3 aromatic rings. The van der Waals surface area contributed by atoms with Crippen LogP contribution in [0.15, 0.2) is 59.1 Å². The van der Waals surface area contributed by atoms with E-state index < -0.39 is 11.7 Å². The molecule has 24 heavy (non-hydrogen) atoms. The Balaban J connectivity index is 1.83. The lowest BCUT2D eigenvalue weighted by molar-refractivity contribution is 0.0988. The van der Waals surface area contributed by atoms with Crippen LogP contribution in [0.1, 0.15) is 27.8 Å². The van der Waals surface area contributed by atoms with E-state index in [-0.39, 0.29) is 11.5 Å². The molecular formula is C18H13FN2O3. The molecule has 3 rings (SSSR count). The maximum Gasteiger partial charge on any atom is 0.294 e. The lowest BCUT2D eigenvalue weighted by Crippen LogP contribution is -2.13. The molecule has 0 spiro atoms. The topological polar surface area (TPSA) is 72.2 Å². The van der Waals surface area contributed by atoms with Crippen LogP contribution < -0.4 is 5.32 Å². The minimum Gasteiger partial charge on any atom is -0.350 e. The fourth-order valence-electron chi connectivity index (χ4n) is 2.25. The van der Waals surface area contributed by atoms with Crippen molar-refractivity contribution in [3.8, 4) is 11.3 Å². The Bertz CT molecular complexity index is 918. The normalized spacial score (nSPS) is 10.4. The minimum absolute atomic E-state index is 0.0346. The Morgan fingerprint density at radius 3 is 2.62 bits per heavy atom. The molecule has 0 aliphatic carbocycles. The van der Waals surface area contributed by atoms with E-state index in [0.717, 1.165) is 0 Å².